The van der Waals surface area contributed by atoms with E-state index in [2.05, 4.69) is 30.8 Å². The molecule has 0 bridgehead atoms. The third-order valence-electron chi connectivity index (χ3n) is 4.53. The van der Waals surface area contributed by atoms with Crippen molar-refractivity contribution in [1.82, 2.24) is 0 Å². The van der Waals surface area contributed by atoms with Crippen LogP contribution in [-0.2, 0) is 9.53 Å². The molecular weight excluding hydrogens is 316 g/mol. The molecule has 0 spiro atoms. The van der Waals surface area contributed by atoms with E-state index >= 15 is 0 Å². The quantitative estimate of drug-likeness (QED) is 0.134. The Balaban J connectivity index is 1.82. The number of carbonyl (C=O) groups is 1. The van der Waals surface area contributed by atoms with Crippen LogP contribution in [0.3, 0.4) is 0 Å². The Hall–Kier alpha value is -0.440. The molecule has 0 aliphatic carbocycles. The number of esters is 1. The Labute approximate surface area is 154 Å². The van der Waals surface area contributed by atoms with Gasteiger partial charge >= 0.3 is 5.97 Å². The van der Waals surface area contributed by atoms with E-state index in [4.69, 9.17) is 4.74 Å². The van der Waals surface area contributed by atoms with Gasteiger partial charge in [0.15, 0.2) is 0 Å². The third-order valence-corrected chi connectivity index (χ3v) is 6.00. The van der Waals surface area contributed by atoms with Crippen molar-refractivity contribution in [1.29, 1.82) is 0 Å². The van der Waals surface area contributed by atoms with Gasteiger partial charge in [-0.15, -0.1) is 0 Å². The number of ether oxygens (including phenoxy) is 1. The summed E-state index contributed by atoms with van der Waals surface area (Å²) in [6.07, 6.45) is 20.4. The molecule has 1 aliphatic heterocycles. The summed E-state index contributed by atoms with van der Waals surface area (Å²) in [6.45, 7) is 4.86. The smallest absolute Gasteiger partial charge is 0.305 e. The molecule has 0 aromatic rings. The summed E-state index contributed by atoms with van der Waals surface area (Å²) in [5, 5.41) is 1.83. The zero-order valence-electron chi connectivity index (χ0n) is 15.9. The predicted molar refractivity (Wildman–Crippen MR) is 107 cm³/mol. The number of thioether (sulfide) groups is 1. The van der Waals surface area contributed by atoms with Crippen molar-refractivity contribution in [2.75, 3.05) is 6.61 Å². The number of hydrogen-bond donors (Lipinski definition) is 0. The van der Waals surface area contributed by atoms with Crippen LogP contribution in [0.25, 0.3) is 0 Å². The second-order valence-electron chi connectivity index (χ2n) is 6.94. The van der Waals surface area contributed by atoms with E-state index in [-0.39, 0.29) is 5.97 Å². The normalized spacial score (nSPS) is 19.8. The van der Waals surface area contributed by atoms with Gasteiger partial charge in [-0.25, -0.2) is 0 Å². The van der Waals surface area contributed by atoms with E-state index in [0.717, 1.165) is 23.3 Å². The molecule has 3 heteroatoms. The first-order valence-electron chi connectivity index (χ1n) is 10.2. The van der Waals surface area contributed by atoms with Gasteiger partial charge in [-0.2, -0.15) is 11.8 Å². The van der Waals surface area contributed by atoms with Crippen LogP contribution in [0.5, 0.6) is 0 Å². The number of unbranched alkanes of at least 4 members (excludes halogenated alkanes) is 7. The number of carbonyl (C=O) groups excluding carboxylic acids is 1. The van der Waals surface area contributed by atoms with Crippen molar-refractivity contribution in [3.05, 3.63) is 12.2 Å². The van der Waals surface area contributed by atoms with Crippen molar-refractivity contribution >= 4 is 17.7 Å². The van der Waals surface area contributed by atoms with Crippen LogP contribution in [0.15, 0.2) is 12.2 Å². The Bertz CT molecular complexity index is 341. The molecule has 1 rings (SSSR count). The maximum Gasteiger partial charge on any atom is 0.305 e. The van der Waals surface area contributed by atoms with Crippen molar-refractivity contribution in [2.24, 2.45) is 0 Å². The number of rotatable bonds is 16. The fourth-order valence-electron chi connectivity index (χ4n) is 2.93. The lowest BCUT2D eigenvalue weighted by Gasteiger charge is -2.03. The Kier molecular flexibility index (Phi) is 13.4. The molecule has 0 aromatic heterocycles. The van der Waals surface area contributed by atoms with Gasteiger partial charge in [-0.05, 0) is 38.5 Å². The fraction of sp³-hybridized carbons (Fsp3) is 0.857. The van der Waals surface area contributed by atoms with E-state index in [1.165, 1.54) is 64.2 Å². The highest BCUT2D eigenvalue weighted by atomic mass is 32.2. The van der Waals surface area contributed by atoms with Gasteiger partial charge in [0, 0.05) is 16.9 Å². The first-order valence-corrected chi connectivity index (χ1v) is 11.2. The van der Waals surface area contributed by atoms with Crippen LogP contribution in [0.2, 0.25) is 0 Å². The van der Waals surface area contributed by atoms with Crippen LogP contribution in [0, 0.1) is 0 Å². The Morgan fingerprint density at radius 1 is 0.917 bits per heavy atom. The molecule has 0 N–H and O–H groups in total. The summed E-state index contributed by atoms with van der Waals surface area (Å²) in [6, 6.07) is 0. The summed E-state index contributed by atoms with van der Waals surface area (Å²) in [5.41, 5.74) is 0. The van der Waals surface area contributed by atoms with Gasteiger partial charge < -0.3 is 4.74 Å². The maximum absolute atomic E-state index is 11.4. The minimum Gasteiger partial charge on any atom is -0.466 e. The topological polar surface area (TPSA) is 26.3 Å². The van der Waals surface area contributed by atoms with Crippen molar-refractivity contribution < 1.29 is 9.53 Å². The lowest BCUT2D eigenvalue weighted by molar-refractivity contribution is -0.143. The molecule has 2 unspecified atom stereocenters. The lowest BCUT2D eigenvalue weighted by atomic mass is 10.1. The van der Waals surface area contributed by atoms with Gasteiger partial charge in [0.2, 0.25) is 0 Å². The highest BCUT2D eigenvalue weighted by molar-refractivity contribution is 8.07. The fourth-order valence-corrected chi connectivity index (χ4v) is 4.06. The van der Waals surface area contributed by atoms with Crippen molar-refractivity contribution in [2.45, 2.75) is 108 Å². The average molecular weight is 355 g/mol. The van der Waals surface area contributed by atoms with Gasteiger partial charge in [0.25, 0.3) is 0 Å². The zero-order valence-corrected chi connectivity index (χ0v) is 16.8. The Morgan fingerprint density at radius 2 is 1.71 bits per heavy atom. The monoisotopic (exact) mass is 354 g/mol. The summed E-state index contributed by atoms with van der Waals surface area (Å²) >= 11 is 2.17. The van der Waals surface area contributed by atoms with Crippen molar-refractivity contribution in [3.63, 3.8) is 0 Å². The van der Waals surface area contributed by atoms with Crippen LogP contribution >= 0.6 is 11.8 Å². The highest BCUT2D eigenvalue weighted by Gasteiger charge is 2.35. The zero-order chi connectivity index (χ0) is 17.5. The summed E-state index contributed by atoms with van der Waals surface area (Å²) in [5.74, 6) is -0.0168. The highest BCUT2D eigenvalue weighted by Crippen LogP contribution is 2.46. The second-order valence-corrected chi connectivity index (χ2v) is 8.43. The first kappa shape index (κ1) is 21.6. The van der Waals surface area contributed by atoms with Gasteiger partial charge in [-0.3, -0.25) is 4.79 Å². The van der Waals surface area contributed by atoms with Gasteiger partial charge in [0.05, 0.1) is 6.61 Å². The van der Waals surface area contributed by atoms with Crippen LogP contribution in [-0.4, -0.2) is 23.1 Å². The minimum atomic E-state index is -0.0168. The van der Waals surface area contributed by atoms with E-state index < -0.39 is 0 Å². The molecular formula is C21H38O2S. The maximum atomic E-state index is 11.4. The SMILES string of the molecule is CCCCC/C=C\CC1SC1CCCCCCCC(=O)OCCC. The molecule has 1 heterocycles. The van der Waals surface area contributed by atoms with Crippen LogP contribution < -0.4 is 0 Å². The average Bonchev–Trinajstić information content (AvgIpc) is 3.33. The van der Waals surface area contributed by atoms with E-state index in [9.17, 15) is 4.79 Å². The minimum absolute atomic E-state index is 0.0168. The van der Waals surface area contributed by atoms with Crippen LogP contribution in [0.4, 0.5) is 0 Å². The summed E-state index contributed by atoms with van der Waals surface area (Å²) in [7, 11) is 0. The van der Waals surface area contributed by atoms with Crippen LogP contribution in [0.1, 0.15) is 97.3 Å². The lowest BCUT2D eigenvalue weighted by Crippen LogP contribution is -2.04. The molecule has 0 amide bonds. The number of hydrogen-bond acceptors (Lipinski definition) is 3. The standard InChI is InChI=1S/C21H38O2S/c1-3-5-6-7-9-12-15-19-20(24-19)16-13-10-8-11-14-17-21(22)23-18-4-2/h9,12,19-20H,3-8,10-11,13-18H2,1-2H3/b12-9-. The molecule has 2 nitrogen and oxygen atoms in total. The van der Waals surface area contributed by atoms with Crippen molar-refractivity contribution in [3.8, 4) is 0 Å². The largest absolute Gasteiger partial charge is 0.466 e. The molecule has 1 fully saturated rings. The van der Waals surface area contributed by atoms with Gasteiger partial charge in [0.1, 0.15) is 0 Å². The molecule has 1 saturated heterocycles. The van der Waals surface area contributed by atoms with E-state index in [1.54, 1.807) is 0 Å². The molecule has 140 valence electrons. The number of allylic oxidation sites excluding steroid dienone is 2. The summed E-state index contributed by atoms with van der Waals surface area (Å²) in [4.78, 5) is 11.4. The molecule has 0 radical (unpaired) electrons. The predicted octanol–water partition coefficient (Wildman–Crippen LogP) is 6.68. The molecule has 24 heavy (non-hydrogen) atoms. The third kappa shape index (κ3) is 12.0. The molecule has 1 aliphatic rings. The summed E-state index contributed by atoms with van der Waals surface area (Å²) < 4.78 is 5.08. The Morgan fingerprint density at radius 3 is 2.50 bits per heavy atom. The first-order chi connectivity index (χ1) is 11.8. The molecule has 0 saturated carbocycles. The van der Waals surface area contributed by atoms with E-state index in [0.29, 0.717) is 13.0 Å². The molecule has 0 aromatic carbocycles. The molecule has 2 atom stereocenters. The van der Waals surface area contributed by atoms with Gasteiger partial charge in [-0.1, -0.05) is 64.5 Å². The van der Waals surface area contributed by atoms with E-state index in [1.807, 2.05) is 6.92 Å². The second kappa shape index (κ2) is 14.9.